The van der Waals surface area contributed by atoms with Gasteiger partial charge in [-0.15, -0.1) is 0 Å². The second-order valence-electron chi connectivity index (χ2n) is 7.62. The molecule has 0 bridgehead atoms. The van der Waals surface area contributed by atoms with E-state index in [2.05, 4.69) is 20.6 Å². The minimum absolute atomic E-state index is 0.0788. The third-order valence-corrected chi connectivity index (χ3v) is 5.25. The lowest BCUT2D eigenvalue weighted by Gasteiger charge is -2.11. The number of benzene rings is 2. The number of pyridine rings is 1. The highest BCUT2D eigenvalue weighted by Crippen LogP contribution is 2.22. The van der Waals surface area contributed by atoms with Crippen LogP contribution in [0.2, 0.25) is 0 Å². The van der Waals surface area contributed by atoms with Gasteiger partial charge in [-0.05, 0) is 35.9 Å². The maximum absolute atomic E-state index is 13.5. The standard InChI is InChI=1S/C25H18FN5O3/c26-18-5-3-4-17(13-18)21-14-24(34-30-21)28-23(32)15-31-25(33)20-7-2-1-6-19(20)22(29-31)12-16-8-10-27-11-9-16/h1-11,13-14H,12,15H2,(H,28,32). The molecular formula is C25H18FN5O3. The van der Waals surface area contributed by atoms with Gasteiger partial charge in [-0.3, -0.25) is 19.9 Å². The molecule has 9 heteroatoms. The summed E-state index contributed by atoms with van der Waals surface area (Å²) in [7, 11) is 0. The molecular weight excluding hydrogens is 437 g/mol. The summed E-state index contributed by atoms with van der Waals surface area (Å²) in [5, 5.41) is 12.1. The van der Waals surface area contributed by atoms with Gasteiger partial charge in [0.15, 0.2) is 0 Å². The number of amides is 1. The molecule has 0 saturated heterocycles. The van der Waals surface area contributed by atoms with E-state index < -0.39 is 11.7 Å². The highest BCUT2D eigenvalue weighted by atomic mass is 19.1. The predicted molar refractivity (Wildman–Crippen MR) is 124 cm³/mol. The van der Waals surface area contributed by atoms with Crippen LogP contribution in [0.25, 0.3) is 22.0 Å². The third-order valence-electron chi connectivity index (χ3n) is 5.25. The number of hydrogen-bond donors (Lipinski definition) is 1. The molecule has 0 aliphatic heterocycles. The zero-order valence-corrected chi connectivity index (χ0v) is 17.8. The topological polar surface area (TPSA) is 103 Å². The van der Waals surface area contributed by atoms with Crippen molar-refractivity contribution >= 4 is 22.6 Å². The van der Waals surface area contributed by atoms with Crippen molar-refractivity contribution in [1.29, 1.82) is 0 Å². The second-order valence-corrected chi connectivity index (χ2v) is 7.62. The molecule has 34 heavy (non-hydrogen) atoms. The Bertz CT molecular complexity index is 1550. The van der Waals surface area contributed by atoms with E-state index in [1.165, 1.54) is 18.2 Å². The van der Waals surface area contributed by atoms with Gasteiger partial charge >= 0.3 is 0 Å². The van der Waals surface area contributed by atoms with Crippen molar-refractivity contribution in [3.63, 3.8) is 0 Å². The zero-order chi connectivity index (χ0) is 23.5. The van der Waals surface area contributed by atoms with Crippen molar-refractivity contribution < 1.29 is 13.7 Å². The smallest absolute Gasteiger partial charge is 0.275 e. The van der Waals surface area contributed by atoms with Crippen LogP contribution in [0.15, 0.2) is 88.4 Å². The van der Waals surface area contributed by atoms with Gasteiger partial charge in [0.05, 0.1) is 11.1 Å². The maximum Gasteiger partial charge on any atom is 0.275 e. The predicted octanol–water partition coefficient (Wildman–Crippen LogP) is 3.82. The van der Waals surface area contributed by atoms with Crippen LogP contribution in [0, 0.1) is 5.82 Å². The van der Waals surface area contributed by atoms with Crippen LogP contribution in [0.5, 0.6) is 0 Å². The van der Waals surface area contributed by atoms with Crippen LogP contribution < -0.4 is 10.9 Å². The fourth-order valence-electron chi connectivity index (χ4n) is 3.67. The second kappa shape index (κ2) is 9.07. The maximum atomic E-state index is 13.5. The fourth-order valence-corrected chi connectivity index (χ4v) is 3.67. The van der Waals surface area contributed by atoms with E-state index in [-0.39, 0.29) is 18.0 Å². The molecule has 0 aliphatic rings. The van der Waals surface area contributed by atoms with E-state index >= 15 is 0 Å². The highest BCUT2D eigenvalue weighted by molar-refractivity contribution is 5.90. The van der Waals surface area contributed by atoms with Crippen LogP contribution in [0.1, 0.15) is 11.3 Å². The van der Waals surface area contributed by atoms with E-state index in [0.29, 0.717) is 28.8 Å². The number of carbonyl (C=O) groups excluding carboxylic acids is 1. The number of nitrogens with zero attached hydrogens (tertiary/aromatic N) is 4. The molecule has 2 aromatic carbocycles. The molecule has 0 aliphatic carbocycles. The number of fused-ring (bicyclic) bond motifs is 1. The summed E-state index contributed by atoms with van der Waals surface area (Å²) in [4.78, 5) is 29.7. The number of carbonyl (C=O) groups is 1. The average Bonchev–Trinajstić information content (AvgIpc) is 3.31. The first-order valence-electron chi connectivity index (χ1n) is 10.5. The summed E-state index contributed by atoms with van der Waals surface area (Å²) in [6.45, 7) is -0.316. The van der Waals surface area contributed by atoms with Gasteiger partial charge in [0, 0.05) is 35.8 Å². The largest absolute Gasteiger partial charge is 0.338 e. The number of rotatable bonds is 6. The number of anilines is 1. The number of nitrogens with one attached hydrogen (secondary N) is 1. The van der Waals surface area contributed by atoms with Crippen molar-refractivity contribution in [3.05, 3.63) is 107 Å². The fraction of sp³-hybridized carbons (Fsp3) is 0.0800. The van der Waals surface area contributed by atoms with Gasteiger partial charge in [0.25, 0.3) is 5.56 Å². The molecule has 5 rings (SSSR count). The Kier molecular flexibility index (Phi) is 5.65. The molecule has 0 spiro atoms. The lowest BCUT2D eigenvalue weighted by molar-refractivity contribution is -0.117. The first kappa shape index (κ1) is 21.2. The summed E-state index contributed by atoms with van der Waals surface area (Å²) >= 11 is 0. The Labute approximate surface area is 192 Å². The lowest BCUT2D eigenvalue weighted by atomic mass is 10.1. The molecule has 0 saturated carbocycles. The molecule has 0 radical (unpaired) electrons. The number of hydrogen-bond acceptors (Lipinski definition) is 6. The zero-order valence-electron chi connectivity index (χ0n) is 17.8. The molecule has 8 nitrogen and oxygen atoms in total. The molecule has 3 heterocycles. The molecule has 1 amide bonds. The van der Waals surface area contributed by atoms with Crippen molar-refractivity contribution in [2.45, 2.75) is 13.0 Å². The molecule has 168 valence electrons. The Morgan fingerprint density at radius 1 is 1.00 bits per heavy atom. The lowest BCUT2D eigenvalue weighted by Crippen LogP contribution is -2.30. The summed E-state index contributed by atoms with van der Waals surface area (Å²) in [5.41, 5.74) is 2.16. The van der Waals surface area contributed by atoms with Crippen LogP contribution in [-0.2, 0) is 17.8 Å². The Hall–Kier alpha value is -4.66. The Morgan fingerprint density at radius 3 is 2.59 bits per heavy atom. The van der Waals surface area contributed by atoms with Crippen molar-refractivity contribution in [1.82, 2.24) is 19.9 Å². The molecule has 0 fully saturated rings. The summed E-state index contributed by atoms with van der Waals surface area (Å²) < 4.78 is 19.7. The quantitative estimate of drug-likeness (QED) is 0.418. The van der Waals surface area contributed by atoms with E-state index in [1.54, 1.807) is 36.7 Å². The van der Waals surface area contributed by atoms with E-state index in [4.69, 9.17) is 4.52 Å². The number of aromatic nitrogens is 4. The minimum atomic E-state index is -0.512. The average molecular weight is 455 g/mol. The van der Waals surface area contributed by atoms with Gasteiger partial charge in [-0.25, -0.2) is 9.07 Å². The molecule has 3 aromatic heterocycles. The normalized spacial score (nSPS) is 11.0. The Balaban J connectivity index is 1.40. The SMILES string of the molecule is O=C(Cn1nc(Cc2ccncc2)c2ccccc2c1=O)Nc1cc(-c2cccc(F)c2)no1. The first-order chi connectivity index (χ1) is 16.6. The monoisotopic (exact) mass is 455 g/mol. The summed E-state index contributed by atoms with van der Waals surface area (Å²) in [5.74, 6) is -0.841. The van der Waals surface area contributed by atoms with Gasteiger partial charge in [0.1, 0.15) is 18.1 Å². The van der Waals surface area contributed by atoms with Crippen LogP contribution in [0.4, 0.5) is 10.3 Å². The molecule has 0 unspecified atom stereocenters. The van der Waals surface area contributed by atoms with Gasteiger partial charge in [-0.1, -0.05) is 35.5 Å². The van der Waals surface area contributed by atoms with E-state index in [1.807, 2.05) is 24.3 Å². The summed E-state index contributed by atoms with van der Waals surface area (Å²) in [6.07, 6.45) is 3.86. The first-order valence-corrected chi connectivity index (χ1v) is 10.5. The van der Waals surface area contributed by atoms with Crippen molar-refractivity contribution in [3.8, 4) is 11.3 Å². The molecule has 5 aromatic rings. The van der Waals surface area contributed by atoms with Crippen LogP contribution in [-0.4, -0.2) is 25.8 Å². The highest BCUT2D eigenvalue weighted by Gasteiger charge is 2.15. The van der Waals surface area contributed by atoms with Crippen molar-refractivity contribution in [2.24, 2.45) is 0 Å². The molecule has 1 N–H and O–H groups in total. The van der Waals surface area contributed by atoms with Gasteiger partial charge < -0.3 is 4.52 Å². The van der Waals surface area contributed by atoms with Gasteiger partial charge in [0.2, 0.25) is 11.8 Å². The van der Waals surface area contributed by atoms with Crippen LogP contribution in [0.3, 0.4) is 0 Å². The Morgan fingerprint density at radius 2 is 1.79 bits per heavy atom. The molecule has 0 atom stereocenters. The van der Waals surface area contributed by atoms with Crippen molar-refractivity contribution in [2.75, 3.05) is 5.32 Å². The van der Waals surface area contributed by atoms with E-state index in [9.17, 15) is 14.0 Å². The minimum Gasteiger partial charge on any atom is -0.338 e. The summed E-state index contributed by atoms with van der Waals surface area (Å²) in [6, 6.07) is 18.3. The van der Waals surface area contributed by atoms with E-state index in [0.717, 1.165) is 15.6 Å². The number of halogens is 1. The van der Waals surface area contributed by atoms with Gasteiger partial charge in [-0.2, -0.15) is 5.10 Å². The third kappa shape index (κ3) is 4.44. The van der Waals surface area contributed by atoms with Crippen LogP contribution >= 0.6 is 0 Å².